The molecule has 8 heteroatoms. The second kappa shape index (κ2) is 10.9. The maximum Gasteiger partial charge on any atom is 0.338 e. The second-order valence-corrected chi connectivity index (χ2v) is 9.68. The van der Waals surface area contributed by atoms with Gasteiger partial charge in [-0.3, -0.25) is 9.36 Å². The van der Waals surface area contributed by atoms with E-state index in [9.17, 15) is 9.59 Å². The Morgan fingerprint density at radius 1 is 1.00 bits per heavy atom. The summed E-state index contributed by atoms with van der Waals surface area (Å²) in [7, 11) is 2.91. The third-order valence-electron chi connectivity index (χ3n) is 6.26. The molecule has 0 bridgehead atoms. The summed E-state index contributed by atoms with van der Waals surface area (Å²) in [4.78, 5) is 31.6. The third kappa shape index (κ3) is 4.90. The first-order valence-electron chi connectivity index (χ1n) is 12.0. The van der Waals surface area contributed by atoms with Crippen LogP contribution in [0.1, 0.15) is 29.7 Å². The third-order valence-corrected chi connectivity index (χ3v) is 7.25. The van der Waals surface area contributed by atoms with E-state index in [1.807, 2.05) is 78.9 Å². The zero-order valence-electron chi connectivity index (χ0n) is 21.2. The first-order chi connectivity index (χ1) is 18.5. The predicted octanol–water partition coefficient (Wildman–Crippen LogP) is 4.00. The zero-order chi connectivity index (χ0) is 26.6. The maximum absolute atomic E-state index is 13.7. The molecule has 0 fully saturated rings. The summed E-state index contributed by atoms with van der Waals surface area (Å²) in [6.45, 7) is 2.18. The number of carbonyl (C=O) groups is 1. The quantitative estimate of drug-likeness (QED) is 0.340. The molecule has 0 aliphatic carbocycles. The number of methoxy groups -OCH3 is 2. The summed E-state index contributed by atoms with van der Waals surface area (Å²) in [5.41, 5.74) is 3.27. The molecule has 0 amide bonds. The van der Waals surface area contributed by atoms with Gasteiger partial charge in [0, 0.05) is 0 Å². The van der Waals surface area contributed by atoms with Gasteiger partial charge in [0.05, 0.1) is 36.1 Å². The van der Waals surface area contributed by atoms with E-state index in [4.69, 9.17) is 14.2 Å². The summed E-state index contributed by atoms with van der Waals surface area (Å²) in [6.07, 6.45) is 1.80. The highest BCUT2D eigenvalue weighted by Crippen LogP contribution is 2.31. The van der Waals surface area contributed by atoms with Gasteiger partial charge in [-0.15, -0.1) is 0 Å². The molecule has 1 atom stereocenters. The Hall–Kier alpha value is -4.43. The summed E-state index contributed by atoms with van der Waals surface area (Å²) >= 11 is 1.28. The number of carbonyl (C=O) groups excluding carboxylic acids is 1. The minimum absolute atomic E-state index is 0.236. The van der Waals surface area contributed by atoms with E-state index in [0.29, 0.717) is 38.7 Å². The van der Waals surface area contributed by atoms with Crippen molar-refractivity contribution in [3.8, 4) is 11.5 Å². The highest BCUT2D eigenvalue weighted by atomic mass is 32.1. The molecule has 0 saturated carbocycles. The number of fused-ring (bicyclic) bond motifs is 1. The number of aromatic nitrogens is 1. The fourth-order valence-corrected chi connectivity index (χ4v) is 5.47. The summed E-state index contributed by atoms with van der Waals surface area (Å²) in [5, 5.41) is 0. The molecule has 192 valence electrons. The fraction of sp³-hybridized carbons (Fsp3) is 0.167. The van der Waals surface area contributed by atoms with Crippen LogP contribution in [0.4, 0.5) is 0 Å². The van der Waals surface area contributed by atoms with E-state index in [2.05, 4.69) is 4.99 Å². The van der Waals surface area contributed by atoms with Crippen LogP contribution < -0.4 is 24.4 Å². The number of rotatable bonds is 7. The number of benzene rings is 3. The van der Waals surface area contributed by atoms with Gasteiger partial charge in [0.25, 0.3) is 5.56 Å². The first-order valence-corrected chi connectivity index (χ1v) is 12.8. The number of hydrogen-bond donors (Lipinski definition) is 0. The van der Waals surface area contributed by atoms with Crippen molar-refractivity contribution in [1.29, 1.82) is 0 Å². The van der Waals surface area contributed by atoms with Gasteiger partial charge in [-0.05, 0) is 41.8 Å². The first kappa shape index (κ1) is 25.2. The molecular weight excluding hydrogens is 500 g/mol. The highest BCUT2D eigenvalue weighted by molar-refractivity contribution is 7.07. The van der Waals surface area contributed by atoms with E-state index >= 15 is 0 Å². The van der Waals surface area contributed by atoms with Crippen LogP contribution in [0.5, 0.6) is 11.5 Å². The lowest BCUT2D eigenvalue weighted by Crippen LogP contribution is -2.39. The monoisotopic (exact) mass is 526 g/mol. The van der Waals surface area contributed by atoms with Gasteiger partial charge in [-0.1, -0.05) is 78.1 Å². The van der Waals surface area contributed by atoms with Gasteiger partial charge in [-0.25, -0.2) is 9.79 Å². The van der Waals surface area contributed by atoms with E-state index in [1.54, 1.807) is 24.7 Å². The second-order valence-electron chi connectivity index (χ2n) is 8.67. The number of allylic oxidation sites excluding steroid dienone is 1. The van der Waals surface area contributed by atoms with Crippen LogP contribution in [0.3, 0.4) is 0 Å². The van der Waals surface area contributed by atoms with Crippen molar-refractivity contribution in [3.63, 3.8) is 0 Å². The van der Waals surface area contributed by atoms with Crippen molar-refractivity contribution in [2.24, 2.45) is 4.99 Å². The van der Waals surface area contributed by atoms with E-state index in [0.717, 1.165) is 16.7 Å². The zero-order valence-corrected chi connectivity index (χ0v) is 22.0. The Bertz CT molecular complexity index is 1690. The Morgan fingerprint density at radius 3 is 2.39 bits per heavy atom. The van der Waals surface area contributed by atoms with Gasteiger partial charge < -0.3 is 14.2 Å². The van der Waals surface area contributed by atoms with Crippen molar-refractivity contribution >= 4 is 23.4 Å². The molecule has 4 aromatic rings. The van der Waals surface area contributed by atoms with Gasteiger partial charge >= 0.3 is 5.97 Å². The van der Waals surface area contributed by atoms with Crippen LogP contribution in [-0.2, 0) is 16.1 Å². The Morgan fingerprint density at radius 2 is 1.71 bits per heavy atom. The van der Waals surface area contributed by atoms with Crippen molar-refractivity contribution in [2.45, 2.75) is 19.6 Å². The van der Waals surface area contributed by atoms with Crippen LogP contribution in [0.2, 0.25) is 0 Å². The smallest absolute Gasteiger partial charge is 0.338 e. The lowest BCUT2D eigenvalue weighted by molar-refractivity contribution is -0.136. The summed E-state index contributed by atoms with van der Waals surface area (Å²) in [5.74, 6) is 0.663. The molecule has 38 heavy (non-hydrogen) atoms. The molecular formula is C30H26N2O5S. The minimum Gasteiger partial charge on any atom is -0.493 e. The fourth-order valence-electron chi connectivity index (χ4n) is 4.42. The molecule has 0 radical (unpaired) electrons. The van der Waals surface area contributed by atoms with E-state index < -0.39 is 12.0 Å². The Balaban J connectivity index is 1.55. The molecule has 0 unspecified atom stereocenters. The number of ether oxygens (including phenoxy) is 3. The van der Waals surface area contributed by atoms with Gasteiger partial charge in [0.15, 0.2) is 16.3 Å². The van der Waals surface area contributed by atoms with Crippen LogP contribution in [-0.4, -0.2) is 24.8 Å². The largest absolute Gasteiger partial charge is 0.493 e. The number of esters is 1. The molecule has 0 spiro atoms. The lowest BCUT2D eigenvalue weighted by Gasteiger charge is -2.24. The van der Waals surface area contributed by atoms with Crippen molar-refractivity contribution in [3.05, 3.63) is 127 Å². The SMILES string of the molecule is COC(=O)C1=C(C)N=c2s/c(=C\c3ccc(OCc4ccccc4)c(OC)c3)c(=O)n2[C@H]1c1ccccc1. The van der Waals surface area contributed by atoms with Crippen LogP contribution in [0.25, 0.3) is 6.08 Å². The summed E-state index contributed by atoms with van der Waals surface area (Å²) in [6, 6.07) is 24.2. The average molecular weight is 527 g/mol. The van der Waals surface area contributed by atoms with Crippen molar-refractivity contribution in [2.75, 3.05) is 14.2 Å². The molecule has 0 N–H and O–H groups in total. The van der Waals surface area contributed by atoms with Crippen molar-refractivity contribution < 1.29 is 19.0 Å². The normalized spacial score (nSPS) is 15.0. The highest BCUT2D eigenvalue weighted by Gasteiger charge is 2.32. The molecule has 7 nitrogen and oxygen atoms in total. The predicted molar refractivity (Wildman–Crippen MR) is 146 cm³/mol. The van der Waals surface area contributed by atoms with E-state index in [-0.39, 0.29) is 5.56 Å². The molecule has 1 aromatic heterocycles. The number of hydrogen-bond acceptors (Lipinski definition) is 7. The van der Waals surface area contributed by atoms with Gasteiger partial charge in [0.1, 0.15) is 6.61 Å². The topological polar surface area (TPSA) is 79.1 Å². The lowest BCUT2D eigenvalue weighted by atomic mass is 9.96. The Kier molecular flexibility index (Phi) is 7.24. The molecule has 1 aliphatic rings. The molecule has 5 rings (SSSR count). The summed E-state index contributed by atoms with van der Waals surface area (Å²) < 4.78 is 18.6. The number of thiazole rings is 1. The average Bonchev–Trinajstić information content (AvgIpc) is 3.25. The van der Waals surface area contributed by atoms with Crippen molar-refractivity contribution in [1.82, 2.24) is 4.57 Å². The van der Waals surface area contributed by atoms with Crippen LogP contribution >= 0.6 is 11.3 Å². The number of nitrogens with zero attached hydrogens (tertiary/aromatic N) is 2. The minimum atomic E-state index is -0.634. The van der Waals surface area contributed by atoms with Gasteiger partial charge in [0.2, 0.25) is 0 Å². The molecule has 0 saturated heterocycles. The van der Waals surface area contributed by atoms with E-state index in [1.165, 1.54) is 18.4 Å². The standard InChI is InChI=1S/C30H26N2O5S/c1-19-26(29(34)36-3)27(22-12-8-5-9-13-22)32-28(33)25(38-30(32)31-19)17-21-14-15-23(24(16-21)35-2)37-18-20-10-6-4-7-11-20/h4-17,27H,18H2,1-3H3/b25-17-/t27-/m0/s1. The van der Waals surface area contributed by atoms with Gasteiger partial charge in [-0.2, -0.15) is 0 Å². The maximum atomic E-state index is 13.7. The van der Waals surface area contributed by atoms with Crippen LogP contribution in [0.15, 0.2) is 99.9 Å². The Labute approximate surface area is 223 Å². The molecule has 2 heterocycles. The molecule has 1 aliphatic heterocycles. The van der Waals surface area contributed by atoms with Crippen LogP contribution in [0, 0.1) is 0 Å². The molecule has 3 aromatic carbocycles.